The average molecular weight is 1640 g/mol. The molecule has 12 rings (SSSR count). The molecule has 6 aliphatic rings. The number of benzene rings is 3. The number of carboxylic acid groups (broad SMARTS) is 3. The van der Waals surface area contributed by atoms with Crippen molar-refractivity contribution in [3.05, 3.63) is 223 Å². The Hall–Kier alpha value is -9.67. The van der Waals surface area contributed by atoms with Crippen LogP contribution in [0, 0.1) is 41.8 Å². The molecule has 0 saturated carbocycles. The molecule has 0 spiro atoms. The van der Waals surface area contributed by atoms with E-state index in [4.69, 9.17) is 55.3 Å². The predicted octanol–water partition coefficient (Wildman–Crippen LogP) is 8.57. The van der Waals surface area contributed by atoms with Crippen LogP contribution < -0.4 is 16.0 Å². The van der Waals surface area contributed by atoms with E-state index in [0.29, 0.717) is 114 Å². The number of ether oxygens (including phenoxy) is 6. The number of amidine groups is 3. The second-order valence-corrected chi connectivity index (χ2v) is 27.7. The highest BCUT2D eigenvalue weighted by Crippen LogP contribution is 2.41. The van der Waals surface area contributed by atoms with Crippen molar-refractivity contribution in [2.24, 2.45) is 15.0 Å². The third-order valence-corrected chi connectivity index (χ3v) is 20.5. The van der Waals surface area contributed by atoms with Crippen LogP contribution in [0.1, 0.15) is 55.4 Å². The van der Waals surface area contributed by atoms with Gasteiger partial charge in [0, 0.05) is 135 Å². The molecular weight excluding hydrogens is 1570 g/mol. The molecule has 0 unspecified atom stereocenters. The summed E-state index contributed by atoms with van der Waals surface area (Å²) in [6, 6.07) is 3.89. The lowest BCUT2D eigenvalue weighted by Crippen LogP contribution is -2.46. The van der Waals surface area contributed by atoms with E-state index >= 15 is 0 Å². The summed E-state index contributed by atoms with van der Waals surface area (Å²) < 4.78 is 117. The molecule has 3 saturated heterocycles. The van der Waals surface area contributed by atoms with E-state index in [-0.39, 0.29) is 57.5 Å². The highest BCUT2D eigenvalue weighted by atomic mass is 79.9. The van der Waals surface area contributed by atoms with Crippen molar-refractivity contribution in [1.82, 2.24) is 45.6 Å². The molecule has 3 aromatic heterocycles. The van der Waals surface area contributed by atoms with Gasteiger partial charge in [-0.25, -0.2) is 70.1 Å². The Morgan fingerprint density at radius 2 is 0.843 bits per heavy atom. The van der Waals surface area contributed by atoms with Crippen LogP contribution in [0.15, 0.2) is 161 Å². The van der Waals surface area contributed by atoms with Crippen molar-refractivity contribution in [1.29, 1.82) is 0 Å². The van der Waals surface area contributed by atoms with Crippen molar-refractivity contribution in [3.8, 4) is 0 Å². The molecule has 6 atom stereocenters. The highest BCUT2D eigenvalue weighted by Gasteiger charge is 2.40. The molecular formula is C70H66BrClF6N12O15S3. The van der Waals surface area contributed by atoms with E-state index < -0.39 is 112 Å². The van der Waals surface area contributed by atoms with Gasteiger partial charge in [-0.1, -0.05) is 29.8 Å². The lowest BCUT2D eigenvalue weighted by molar-refractivity contribution is -0.137. The van der Waals surface area contributed by atoms with E-state index in [1.807, 2.05) is 14.7 Å². The zero-order chi connectivity index (χ0) is 77.5. The molecule has 0 amide bonds. The summed E-state index contributed by atoms with van der Waals surface area (Å²) >= 11 is 13.2. The fraction of sp³-hybridized carbons (Fsp3) is 0.314. The van der Waals surface area contributed by atoms with Gasteiger partial charge >= 0.3 is 35.8 Å². The largest absolute Gasteiger partial charge is 0.478 e. The molecule has 570 valence electrons. The second kappa shape index (κ2) is 37.4. The molecule has 6 N–H and O–H groups in total. The minimum atomic E-state index is -1.24. The van der Waals surface area contributed by atoms with Crippen LogP contribution in [0.5, 0.6) is 0 Å². The smallest absolute Gasteiger partial charge is 0.338 e. The van der Waals surface area contributed by atoms with Gasteiger partial charge in [0.25, 0.3) is 0 Å². The number of morpholine rings is 3. The fourth-order valence-corrected chi connectivity index (χ4v) is 14.5. The summed E-state index contributed by atoms with van der Waals surface area (Å²) in [5.74, 6) is -10.7. The molecule has 0 bridgehead atoms. The summed E-state index contributed by atoms with van der Waals surface area (Å²) in [6.07, 6.45) is 10.9. The minimum Gasteiger partial charge on any atom is -0.478 e. The number of aliphatic carboxylic acids is 3. The quantitative estimate of drug-likeness (QED) is 0.0129. The number of rotatable bonds is 21. The van der Waals surface area contributed by atoms with E-state index in [0.717, 1.165) is 36.4 Å². The van der Waals surface area contributed by atoms with E-state index in [9.17, 15) is 55.1 Å². The fourth-order valence-electron chi connectivity index (χ4n) is 11.9. The maximum absolute atomic E-state index is 14.5. The number of carbonyl (C=O) groups excluding carboxylic acids is 3. The minimum absolute atomic E-state index is 0.0372. The highest BCUT2D eigenvalue weighted by molar-refractivity contribution is 9.10. The van der Waals surface area contributed by atoms with Gasteiger partial charge in [-0.2, -0.15) is 0 Å². The Kier molecular flexibility index (Phi) is 28.0. The number of hydrogen-bond donors (Lipinski definition) is 6. The number of halogens is 8. The van der Waals surface area contributed by atoms with E-state index in [1.165, 1.54) is 98.7 Å². The molecule has 3 fully saturated rings. The zero-order valence-corrected chi connectivity index (χ0v) is 62.1. The molecule has 6 aliphatic heterocycles. The first-order valence-corrected chi connectivity index (χ1v) is 36.3. The lowest BCUT2D eigenvalue weighted by Gasteiger charge is -2.34. The van der Waals surface area contributed by atoms with Gasteiger partial charge in [0.2, 0.25) is 0 Å². The number of nitrogens with one attached hydrogen (secondary N) is 3. The van der Waals surface area contributed by atoms with Crippen LogP contribution in [0.3, 0.4) is 0 Å². The zero-order valence-electron chi connectivity index (χ0n) is 57.4. The second-order valence-electron chi connectivity index (χ2n) is 23.8. The van der Waals surface area contributed by atoms with Crippen molar-refractivity contribution in [3.63, 3.8) is 0 Å². The number of nitrogens with zero attached hydrogens (tertiary/aromatic N) is 9. The topological polar surface area (TPSA) is 340 Å². The molecule has 27 nitrogen and oxygen atoms in total. The molecule has 6 aromatic rings. The van der Waals surface area contributed by atoms with Crippen LogP contribution in [-0.4, -0.2) is 217 Å². The number of aliphatic imine (C=N–C) groups is 3. The van der Waals surface area contributed by atoms with Gasteiger partial charge in [0.15, 0.2) is 67.4 Å². The number of carboxylic acids is 3. The first-order valence-electron chi connectivity index (χ1n) is 32.5. The molecule has 108 heavy (non-hydrogen) atoms. The molecule has 0 aliphatic carbocycles. The lowest BCUT2D eigenvalue weighted by atomic mass is 9.92. The summed E-state index contributed by atoms with van der Waals surface area (Å²) in [5, 5.41) is 42.7. The van der Waals surface area contributed by atoms with Gasteiger partial charge in [-0.3, -0.25) is 29.7 Å². The monoisotopic (exact) mass is 1640 g/mol. The molecule has 0 radical (unpaired) electrons. The molecule has 9 heterocycles. The van der Waals surface area contributed by atoms with E-state index in [1.54, 1.807) is 34.7 Å². The number of carbonyl (C=O) groups is 6. The summed E-state index contributed by atoms with van der Waals surface area (Å²) in [5.41, 5.74) is 2.41. The van der Waals surface area contributed by atoms with Gasteiger partial charge in [-0.05, 0) is 76.0 Å². The average Bonchev–Trinajstić information content (AvgIpc) is 1.03. The predicted molar refractivity (Wildman–Crippen MR) is 386 cm³/mol. The van der Waals surface area contributed by atoms with Crippen molar-refractivity contribution in [2.75, 3.05) is 100 Å². The van der Waals surface area contributed by atoms with Gasteiger partial charge < -0.3 is 59.7 Å². The number of esters is 3. The Morgan fingerprint density at radius 1 is 0.519 bits per heavy atom. The van der Waals surface area contributed by atoms with Crippen LogP contribution in [0.25, 0.3) is 0 Å². The SMILES string of the molecule is COC(=O)C1=C(CN2CCO[C@H](/C=C/C(=O)O)C2)NC(c2nccs2)=N[C@H]1c1ccc(F)c(F)c1Br.COC(=O)C1=C(CN2CCO[C@H](/C=C/C(=O)O)C2)NC(c2nccs2)=N[C@H]1c1ccc(F)c(F)c1C.COC(=O)C1=C(CN2CCO[C@H](/C=C/C(=O)O)C2)NC(c2nccs2)=N[C@H]1c1ccc(F)c(F)c1Cl. The summed E-state index contributed by atoms with van der Waals surface area (Å²) in [6.45, 7) is 5.78. The van der Waals surface area contributed by atoms with Gasteiger partial charge in [0.05, 0.1) is 85.7 Å². The van der Waals surface area contributed by atoms with Crippen molar-refractivity contribution >= 4 is 115 Å². The third-order valence-electron chi connectivity index (χ3n) is 16.9. The van der Waals surface area contributed by atoms with Gasteiger partial charge in [0.1, 0.15) is 18.1 Å². The number of hydrogen-bond acceptors (Lipinski definition) is 27. The Labute approximate surface area is 637 Å². The first kappa shape index (κ1) is 80.9. The Balaban J connectivity index is 0.000000173. The maximum Gasteiger partial charge on any atom is 0.338 e. The summed E-state index contributed by atoms with van der Waals surface area (Å²) in [7, 11) is 3.67. The Bertz CT molecular complexity index is 4210. The first-order chi connectivity index (χ1) is 51.8. The third kappa shape index (κ3) is 20.0. The number of aromatic nitrogens is 3. The number of thiazole rings is 3. The maximum atomic E-state index is 14.5. The summed E-state index contributed by atoms with van der Waals surface area (Å²) in [4.78, 5) is 104. The van der Waals surface area contributed by atoms with Crippen LogP contribution >= 0.6 is 61.5 Å². The molecule has 38 heteroatoms. The molecule has 3 aromatic carbocycles. The van der Waals surface area contributed by atoms with Crippen LogP contribution in [0.4, 0.5) is 26.3 Å². The number of methoxy groups -OCH3 is 3. The van der Waals surface area contributed by atoms with Crippen molar-refractivity contribution < 1.29 is 98.9 Å². The van der Waals surface area contributed by atoms with Crippen molar-refractivity contribution in [2.45, 2.75) is 43.4 Å². The van der Waals surface area contributed by atoms with Crippen LogP contribution in [0.2, 0.25) is 5.02 Å². The van der Waals surface area contributed by atoms with Crippen LogP contribution in [-0.2, 0) is 57.2 Å². The normalized spacial score (nSPS) is 20.8. The standard InChI is InChI=1S/C24H24F2N4O5S.C23H21BrF2N4O5S.C23H21ClF2N4O5S/c1-13-15(4-5-16(25)20(13)26)21-19(24(33)34-2)17(28-22(29-21)23-27-7-10-36-23)12-30-8-9-35-14(11-30)3-6-18(31)32;2*1-34-23(33)17-15(11-30-7-8-35-12(10-30)2-5-16(31)32)28-21(22-27-6-9-36-22)29-20(17)13-3-4-14(25)19(26)18(13)24/h3-7,10,14,21H,8-9,11-12H2,1-2H3,(H,28,29)(H,31,32);2*2-6,9,12,20H,7-8,10-11H2,1H3,(H,28,29)(H,31,32)/b6-3+;2*5-2+/t14-,21+;2*12-,20+/m111/s1. The van der Waals surface area contributed by atoms with Gasteiger partial charge in [-0.15, -0.1) is 34.0 Å². The van der Waals surface area contributed by atoms with E-state index in [2.05, 4.69) is 61.8 Å². The Morgan fingerprint density at radius 3 is 1.19 bits per heavy atom.